The molecule has 9 nitrogen and oxygen atoms in total. The average Bonchev–Trinajstić information content (AvgIpc) is 3.63. The summed E-state index contributed by atoms with van der Waals surface area (Å²) in [5.41, 5.74) is 9.73. The average molecular weight is 554 g/mol. The van der Waals surface area contributed by atoms with Gasteiger partial charge in [-0.05, 0) is 74.1 Å². The van der Waals surface area contributed by atoms with E-state index in [1.54, 1.807) is 14.0 Å². The highest BCUT2D eigenvalue weighted by atomic mass is 19.1. The topological polar surface area (TPSA) is 125 Å². The SMILES string of the molecule is Cc1cc2cc(-c3ccc(-c4c(C)on(C)c4=O)cc3)n(CC3CC3)c2c(C(=O)Nc2ccc(F)c(C(N)=O)c2)n1. The number of benzene rings is 2. The Labute approximate surface area is 234 Å². The van der Waals surface area contributed by atoms with Gasteiger partial charge in [-0.25, -0.2) is 9.37 Å². The number of fused-ring (bicyclic) bond motifs is 1. The summed E-state index contributed by atoms with van der Waals surface area (Å²) >= 11 is 0. The third-order valence-corrected chi connectivity index (χ3v) is 7.44. The molecule has 3 N–H and O–H groups in total. The molecule has 10 heteroatoms. The highest BCUT2D eigenvalue weighted by molar-refractivity contribution is 6.12. The summed E-state index contributed by atoms with van der Waals surface area (Å²) in [5.74, 6) is -1.12. The predicted molar refractivity (Wildman–Crippen MR) is 153 cm³/mol. The van der Waals surface area contributed by atoms with Crippen LogP contribution in [-0.2, 0) is 13.6 Å². The summed E-state index contributed by atoms with van der Waals surface area (Å²) in [6.07, 6.45) is 2.21. The molecule has 0 radical (unpaired) electrons. The van der Waals surface area contributed by atoms with Crippen LogP contribution in [-0.4, -0.2) is 26.1 Å². The van der Waals surface area contributed by atoms with Gasteiger partial charge in [0.2, 0.25) is 0 Å². The van der Waals surface area contributed by atoms with Crippen LogP contribution in [0, 0.1) is 25.6 Å². The van der Waals surface area contributed by atoms with Crippen molar-refractivity contribution in [2.45, 2.75) is 33.2 Å². The molecule has 208 valence electrons. The van der Waals surface area contributed by atoms with Gasteiger partial charge in [-0.3, -0.25) is 14.4 Å². The number of nitrogens with zero attached hydrogens (tertiary/aromatic N) is 3. The molecule has 1 fully saturated rings. The van der Waals surface area contributed by atoms with Crippen LogP contribution in [0.5, 0.6) is 0 Å². The Hall–Kier alpha value is -4.99. The fourth-order valence-electron chi connectivity index (χ4n) is 5.29. The Kier molecular flexibility index (Phi) is 6.33. The van der Waals surface area contributed by atoms with Crippen molar-refractivity contribution in [1.29, 1.82) is 0 Å². The van der Waals surface area contributed by atoms with Crippen molar-refractivity contribution in [1.82, 2.24) is 14.3 Å². The molecular formula is C31H28FN5O4. The van der Waals surface area contributed by atoms with Gasteiger partial charge in [0.05, 0.1) is 16.6 Å². The van der Waals surface area contributed by atoms with Crippen LogP contribution >= 0.6 is 0 Å². The van der Waals surface area contributed by atoms with Gasteiger partial charge in [-0.2, -0.15) is 4.74 Å². The summed E-state index contributed by atoms with van der Waals surface area (Å²) in [6, 6.07) is 15.4. The van der Waals surface area contributed by atoms with E-state index in [1.807, 2.05) is 43.3 Å². The van der Waals surface area contributed by atoms with Crippen LogP contribution in [0.25, 0.3) is 33.3 Å². The van der Waals surface area contributed by atoms with Crippen molar-refractivity contribution in [2.75, 3.05) is 5.32 Å². The Morgan fingerprint density at radius 1 is 1.07 bits per heavy atom. The van der Waals surface area contributed by atoms with Crippen LogP contribution in [0.1, 0.15) is 45.1 Å². The minimum absolute atomic E-state index is 0.195. The van der Waals surface area contributed by atoms with Crippen molar-refractivity contribution in [3.63, 3.8) is 0 Å². The van der Waals surface area contributed by atoms with Gasteiger partial charge < -0.3 is 20.1 Å². The van der Waals surface area contributed by atoms with E-state index < -0.39 is 17.6 Å². The molecule has 3 aromatic heterocycles. The van der Waals surface area contributed by atoms with E-state index in [2.05, 4.69) is 14.9 Å². The van der Waals surface area contributed by atoms with Crippen molar-refractivity contribution in [3.8, 4) is 22.4 Å². The van der Waals surface area contributed by atoms with Gasteiger partial charge in [-0.15, -0.1) is 0 Å². The molecule has 0 atom stereocenters. The van der Waals surface area contributed by atoms with Gasteiger partial charge >= 0.3 is 0 Å². The number of primary amides is 1. The monoisotopic (exact) mass is 553 g/mol. The number of amides is 2. The van der Waals surface area contributed by atoms with Gasteiger partial charge in [0.15, 0.2) is 5.69 Å². The molecule has 1 aliphatic rings. The molecule has 3 heterocycles. The highest BCUT2D eigenvalue weighted by Crippen LogP contribution is 2.37. The van der Waals surface area contributed by atoms with Gasteiger partial charge in [-0.1, -0.05) is 24.3 Å². The number of pyridine rings is 1. The zero-order valence-corrected chi connectivity index (χ0v) is 22.8. The third-order valence-electron chi connectivity index (χ3n) is 7.44. The lowest BCUT2D eigenvalue weighted by molar-refractivity contribution is 0.0992. The zero-order chi connectivity index (χ0) is 29.0. The lowest BCUT2D eigenvalue weighted by Crippen LogP contribution is -2.18. The molecular weight excluding hydrogens is 525 g/mol. The van der Waals surface area contributed by atoms with Crippen molar-refractivity contribution >= 4 is 28.4 Å². The fourth-order valence-corrected chi connectivity index (χ4v) is 5.29. The summed E-state index contributed by atoms with van der Waals surface area (Å²) in [7, 11) is 1.58. The number of hydrogen-bond acceptors (Lipinski definition) is 5. The van der Waals surface area contributed by atoms with E-state index >= 15 is 0 Å². The van der Waals surface area contributed by atoms with Crippen molar-refractivity contribution in [2.24, 2.45) is 18.7 Å². The van der Waals surface area contributed by atoms with Crippen LogP contribution < -0.4 is 16.6 Å². The Balaban J connectivity index is 1.43. The first-order valence-corrected chi connectivity index (χ1v) is 13.3. The molecule has 0 spiro atoms. The maximum atomic E-state index is 14.0. The molecule has 2 amide bonds. The Morgan fingerprint density at radius 2 is 1.78 bits per heavy atom. The second-order valence-electron chi connectivity index (χ2n) is 10.5. The summed E-state index contributed by atoms with van der Waals surface area (Å²) < 4.78 is 22.8. The maximum Gasteiger partial charge on any atom is 0.290 e. The largest absolute Gasteiger partial charge is 0.381 e. The molecule has 41 heavy (non-hydrogen) atoms. The van der Waals surface area contributed by atoms with E-state index in [-0.39, 0.29) is 22.5 Å². The van der Waals surface area contributed by atoms with Gasteiger partial charge in [0.1, 0.15) is 11.6 Å². The lowest BCUT2D eigenvalue weighted by atomic mass is 10.0. The normalized spacial score (nSPS) is 13.1. The molecule has 2 aromatic carbocycles. The number of aryl methyl sites for hydroxylation is 3. The Bertz CT molecular complexity index is 1910. The third kappa shape index (κ3) is 4.82. The highest BCUT2D eigenvalue weighted by Gasteiger charge is 2.27. The maximum absolute atomic E-state index is 14.0. The number of nitrogens with two attached hydrogens (primary N) is 1. The zero-order valence-electron chi connectivity index (χ0n) is 22.8. The second kappa shape index (κ2) is 9.88. The minimum Gasteiger partial charge on any atom is -0.381 e. The lowest BCUT2D eigenvalue weighted by Gasteiger charge is -2.14. The molecule has 1 aliphatic carbocycles. The molecule has 0 unspecified atom stereocenters. The summed E-state index contributed by atoms with van der Waals surface area (Å²) in [5, 5.41) is 3.61. The smallest absolute Gasteiger partial charge is 0.290 e. The standard InChI is InChI=1S/C31H28FN5O4/c1-16-12-21-13-25(19-6-8-20(9-7-19)26-17(2)41-36(3)31(26)40)37(15-18-4-5-18)28(21)27(34-16)30(39)35-22-10-11-24(32)23(14-22)29(33)38/h6-14,18H,4-5,15H2,1-3H3,(H2,33,38)(H,35,39). The molecule has 0 aliphatic heterocycles. The van der Waals surface area contributed by atoms with Crippen LogP contribution in [0.4, 0.5) is 10.1 Å². The first-order valence-electron chi connectivity index (χ1n) is 13.3. The quantitative estimate of drug-likeness (QED) is 0.287. The molecule has 0 saturated heterocycles. The fraction of sp³-hybridized carbons (Fsp3) is 0.226. The van der Waals surface area contributed by atoms with Gasteiger partial charge in [0, 0.05) is 36.1 Å². The van der Waals surface area contributed by atoms with E-state index in [1.165, 1.54) is 16.9 Å². The van der Waals surface area contributed by atoms with E-state index in [0.29, 0.717) is 28.5 Å². The Morgan fingerprint density at radius 3 is 2.41 bits per heavy atom. The van der Waals surface area contributed by atoms with Gasteiger partial charge in [0.25, 0.3) is 17.4 Å². The van der Waals surface area contributed by atoms with Crippen molar-refractivity contribution in [3.05, 3.63) is 93.5 Å². The number of nitrogens with one attached hydrogen (secondary N) is 1. The first kappa shape index (κ1) is 26.2. The molecule has 5 aromatic rings. The number of halogens is 1. The number of carbonyl (C=O) groups is 2. The van der Waals surface area contributed by atoms with E-state index in [0.717, 1.165) is 47.7 Å². The number of rotatable bonds is 7. The van der Waals surface area contributed by atoms with Crippen molar-refractivity contribution < 1.29 is 18.5 Å². The predicted octanol–water partition coefficient (Wildman–Crippen LogP) is 5.18. The number of aromatic nitrogens is 3. The minimum atomic E-state index is -0.924. The summed E-state index contributed by atoms with van der Waals surface area (Å²) in [4.78, 5) is 42.3. The van der Waals surface area contributed by atoms with Crippen LogP contribution in [0.15, 0.2) is 63.9 Å². The number of hydrogen-bond donors (Lipinski definition) is 2. The molecule has 1 saturated carbocycles. The number of carbonyl (C=O) groups excluding carboxylic acids is 2. The van der Waals surface area contributed by atoms with E-state index in [4.69, 9.17) is 10.3 Å². The first-order chi connectivity index (χ1) is 19.6. The summed E-state index contributed by atoms with van der Waals surface area (Å²) in [6.45, 7) is 4.30. The van der Waals surface area contributed by atoms with Crippen LogP contribution in [0.3, 0.4) is 0 Å². The number of anilines is 1. The van der Waals surface area contributed by atoms with Crippen LogP contribution in [0.2, 0.25) is 0 Å². The molecule has 0 bridgehead atoms. The van der Waals surface area contributed by atoms with E-state index in [9.17, 15) is 18.8 Å². The molecule has 6 rings (SSSR count). The second-order valence-corrected chi connectivity index (χ2v) is 10.5.